The average molecular weight is 393 g/mol. The second kappa shape index (κ2) is 9.45. The van der Waals surface area contributed by atoms with Gasteiger partial charge in [-0.15, -0.1) is 0 Å². The smallest absolute Gasteiger partial charge is 0.258 e. The fraction of sp³-hybridized carbons (Fsp3) is 0.619. The SMILES string of the molecule is COc1ccc(Cl)cc1C(=O)N1CCCC1C(=O)NC1CCCCCCC1. The fourth-order valence-corrected chi connectivity index (χ4v) is 4.35. The van der Waals surface area contributed by atoms with Crippen LogP contribution in [0.15, 0.2) is 18.2 Å². The van der Waals surface area contributed by atoms with E-state index in [4.69, 9.17) is 16.3 Å². The maximum Gasteiger partial charge on any atom is 0.258 e. The van der Waals surface area contributed by atoms with Gasteiger partial charge in [0.05, 0.1) is 12.7 Å². The van der Waals surface area contributed by atoms with E-state index in [1.165, 1.54) is 26.4 Å². The van der Waals surface area contributed by atoms with Gasteiger partial charge in [0.15, 0.2) is 0 Å². The van der Waals surface area contributed by atoms with Crippen molar-refractivity contribution >= 4 is 23.4 Å². The third kappa shape index (κ3) is 4.95. The Morgan fingerprint density at radius 2 is 1.78 bits per heavy atom. The van der Waals surface area contributed by atoms with Gasteiger partial charge in [0.2, 0.25) is 5.91 Å². The number of carbonyl (C=O) groups is 2. The van der Waals surface area contributed by atoms with Gasteiger partial charge in [-0.2, -0.15) is 0 Å². The number of benzene rings is 1. The second-order valence-electron chi connectivity index (χ2n) is 7.55. The van der Waals surface area contributed by atoms with Crippen molar-refractivity contribution in [3.05, 3.63) is 28.8 Å². The molecule has 6 heteroatoms. The lowest BCUT2D eigenvalue weighted by Gasteiger charge is -2.28. The first-order valence-electron chi connectivity index (χ1n) is 10.0. The van der Waals surface area contributed by atoms with Crippen LogP contribution in [0.25, 0.3) is 0 Å². The number of nitrogens with one attached hydrogen (secondary N) is 1. The molecule has 2 aliphatic rings. The monoisotopic (exact) mass is 392 g/mol. The molecule has 2 fully saturated rings. The minimum Gasteiger partial charge on any atom is -0.496 e. The van der Waals surface area contributed by atoms with E-state index in [0.717, 1.165) is 32.1 Å². The van der Waals surface area contributed by atoms with Gasteiger partial charge in [0.25, 0.3) is 5.91 Å². The van der Waals surface area contributed by atoms with Crippen molar-refractivity contribution in [2.24, 2.45) is 0 Å². The molecule has 0 radical (unpaired) electrons. The third-order valence-corrected chi connectivity index (χ3v) is 5.89. The van der Waals surface area contributed by atoms with Crippen molar-refractivity contribution in [2.45, 2.75) is 69.9 Å². The van der Waals surface area contributed by atoms with Crippen molar-refractivity contribution in [3.63, 3.8) is 0 Å². The van der Waals surface area contributed by atoms with Crippen LogP contribution in [0.3, 0.4) is 0 Å². The van der Waals surface area contributed by atoms with E-state index in [1.54, 1.807) is 23.1 Å². The Morgan fingerprint density at radius 3 is 2.48 bits per heavy atom. The van der Waals surface area contributed by atoms with Gasteiger partial charge in [-0.1, -0.05) is 43.7 Å². The van der Waals surface area contributed by atoms with E-state index in [1.807, 2.05) is 0 Å². The van der Waals surface area contributed by atoms with Crippen molar-refractivity contribution in [1.29, 1.82) is 0 Å². The fourth-order valence-electron chi connectivity index (χ4n) is 4.18. The maximum absolute atomic E-state index is 13.1. The lowest BCUT2D eigenvalue weighted by Crippen LogP contribution is -2.49. The van der Waals surface area contributed by atoms with Crippen LogP contribution < -0.4 is 10.1 Å². The molecule has 0 aromatic heterocycles. The van der Waals surface area contributed by atoms with Gasteiger partial charge in [0, 0.05) is 17.6 Å². The molecular formula is C21H29ClN2O3. The number of halogens is 1. The summed E-state index contributed by atoms with van der Waals surface area (Å²) in [5, 5.41) is 3.70. The largest absolute Gasteiger partial charge is 0.496 e. The predicted molar refractivity (Wildman–Crippen MR) is 106 cm³/mol. The summed E-state index contributed by atoms with van der Waals surface area (Å²) < 4.78 is 5.32. The van der Waals surface area contributed by atoms with Crippen LogP contribution in [0.4, 0.5) is 0 Å². The van der Waals surface area contributed by atoms with Crippen LogP contribution in [0.1, 0.15) is 68.1 Å². The zero-order valence-electron chi connectivity index (χ0n) is 16.0. The Balaban J connectivity index is 1.70. The number of likely N-dealkylation sites (tertiary alicyclic amines) is 1. The summed E-state index contributed by atoms with van der Waals surface area (Å²) in [6, 6.07) is 4.82. The molecule has 1 aliphatic heterocycles. The lowest BCUT2D eigenvalue weighted by molar-refractivity contribution is -0.125. The first kappa shape index (κ1) is 20.0. The van der Waals surface area contributed by atoms with Crippen LogP contribution in [0.5, 0.6) is 5.75 Å². The highest BCUT2D eigenvalue weighted by Crippen LogP contribution is 2.28. The molecule has 1 aliphatic carbocycles. The zero-order valence-corrected chi connectivity index (χ0v) is 16.8. The standard InChI is InChI=1S/C21H29ClN2O3/c1-27-19-12-11-15(22)14-17(19)21(26)24-13-7-10-18(24)20(25)23-16-8-5-3-2-4-6-9-16/h11-12,14,16,18H,2-10,13H2,1H3,(H,23,25). The normalized spacial score (nSPS) is 21.4. The van der Waals surface area contributed by atoms with Gasteiger partial charge in [-0.3, -0.25) is 9.59 Å². The number of methoxy groups -OCH3 is 1. The van der Waals surface area contributed by atoms with E-state index in [9.17, 15) is 9.59 Å². The molecule has 1 aromatic carbocycles. The Morgan fingerprint density at radius 1 is 1.07 bits per heavy atom. The van der Waals surface area contributed by atoms with Crippen LogP contribution in [-0.4, -0.2) is 42.5 Å². The molecule has 5 nitrogen and oxygen atoms in total. The van der Waals surface area contributed by atoms with Gasteiger partial charge in [-0.25, -0.2) is 0 Å². The highest BCUT2D eigenvalue weighted by Gasteiger charge is 2.36. The number of rotatable bonds is 4. The molecule has 1 heterocycles. The summed E-state index contributed by atoms with van der Waals surface area (Å²) in [4.78, 5) is 27.7. The van der Waals surface area contributed by atoms with Crippen LogP contribution >= 0.6 is 11.6 Å². The summed E-state index contributed by atoms with van der Waals surface area (Å²) in [6.45, 7) is 0.581. The predicted octanol–water partition coefficient (Wildman–Crippen LogP) is 4.18. The maximum atomic E-state index is 13.1. The Hall–Kier alpha value is -1.75. The molecule has 1 aromatic rings. The number of hydrogen-bond acceptors (Lipinski definition) is 3. The minimum atomic E-state index is -0.411. The van der Waals surface area contributed by atoms with Crippen molar-refractivity contribution in [2.75, 3.05) is 13.7 Å². The quantitative estimate of drug-likeness (QED) is 0.836. The Labute approximate surface area is 166 Å². The number of hydrogen-bond donors (Lipinski definition) is 1. The number of nitrogens with zero attached hydrogens (tertiary/aromatic N) is 1. The summed E-state index contributed by atoms with van der Waals surface area (Å²) in [6.07, 6.45) is 9.72. The van der Waals surface area contributed by atoms with E-state index >= 15 is 0 Å². The molecule has 3 rings (SSSR count). The van der Waals surface area contributed by atoms with Gasteiger partial charge in [0.1, 0.15) is 11.8 Å². The van der Waals surface area contributed by atoms with Crippen molar-refractivity contribution < 1.29 is 14.3 Å². The number of amides is 2. The molecule has 1 saturated carbocycles. The van der Waals surface area contributed by atoms with E-state index in [0.29, 0.717) is 29.3 Å². The highest BCUT2D eigenvalue weighted by atomic mass is 35.5. The number of ether oxygens (including phenoxy) is 1. The molecule has 148 valence electrons. The van der Waals surface area contributed by atoms with Crippen molar-refractivity contribution in [3.8, 4) is 5.75 Å². The molecule has 27 heavy (non-hydrogen) atoms. The van der Waals surface area contributed by atoms with Crippen LogP contribution in [0.2, 0.25) is 5.02 Å². The van der Waals surface area contributed by atoms with Crippen LogP contribution in [-0.2, 0) is 4.79 Å². The van der Waals surface area contributed by atoms with E-state index in [-0.39, 0.29) is 17.9 Å². The van der Waals surface area contributed by atoms with Crippen LogP contribution in [0, 0.1) is 0 Å². The molecule has 1 unspecified atom stereocenters. The van der Waals surface area contributed by atoms with Gasteiger partial charge < -0.3 is 15.0 Å². The summed E-state index contributed by atoms with van der Waals surface area (Å²) in [5.41, 5.74) is 0.413. The minimum absolute atomic E-state index is 0.0209. The molecule has 0 bridgehead atoms. The summed E-state index contributed by atoms with van der Waals surface area (Å²) >= 11 is 6.08. The Bertz CT molecular complexity index is 671. The highest BCUT2D eigenvalue weighted by molar-refractivity contribution is 6.31. The molecule has 1 N–H and O–H groups in total. The van der Waals surface area contributed by atoms with E-state index in [2.05, 4.69) is 5.32 Å². The molecule has 1 saturated heterocycles. The van der Waals surface area contributed by atoms with E-state index < -0.39 is 6.04 Å². The third-order valence-electron chi connectivity index (χ3n) is 5.66. The topological polar surface area (TPSA) is 58.6 Å². The van der Waals surface area contributed by atoms with Gasteiger partial charge >= 0.3 is 0 Å². The second-order valence-corrected chi connectivity index (χ2v) is 7.99. The first-order valence-corrected chi connectivity index (χ1v) is 10.4. The molecular weight excluding hydrogens is 364 g/mol. The lowest BCUT2D eigenvalue weighted by atomic mass is 9.96. The summed E-state index contributed by atoms with van der Waals surface area (Å²) in [7, 11) is 1.53. The summed E-state index contributed by atoms with van der Waals surface area (Å²) in [5.74, 6) is 0.271. The molecule has 2 amide bonds. The number of carbonyl (C=O) groups excluding carboxylic acids is 2. The average Bonchev–Trinajstić information content (AvgIpc) is 3.13. The first-order chi connectivity index (χ1) is 13.1. The molecule has 1 atom stereocenters. The zero-order chi connectivity index (χ0) is 19.2. The molecule has 0 spiro atoms. The van der Waals surface area contributed by atoms with Crippen molar-refractivity contribution in [1.82, 2.24) is 10.2 Å². The van der Waals surface area contributed by atoms with Gasteiger partial charge in [-0.05, 0) is 43.9 Å². The Kier molecular flexibility index (Phi) is 7.00.